The molecule has 2 rings (SSSR count). The van der Waals surface area contributed by atoms with Crippen LogP contribution >= 0.6 is 15.9 Å². The Hall–Kier alpha value is -0.580. The highest BCUT2D eigenvalue weighted by atomic mass is 79.9. The molecule has 1 aromatic carbocycles. The number of halogens is 1. The molecule has 0 aliphatic carbocycles. The van der Waals surface area contributed by atoms with Gasteiger partial charge in [0.15, 0.2) is 0 Å². The van der Waals surface area contributed by atoms with Crippen LogP contribution in [0.5, 0.6) is 5.75 Å². The zero-order valence-electron chi connectivity index (χ0n) is 11.1. The minimum atomic E-state index is 0.630. The number of piperidine rings is 1. The number of methoxy groups -OCH3 is 1. The lowest BCUT2D eigenvalue weighted by molar-refractivity contribution is 0.233. The molecule has 0 radical (unpaired) electrons. The number of rotatable bonds is 4. The molecule has 0 spiro atoms. The lowest BCUT2D eigenvalue weighted by Gasteiger charge is -2.29. The van der Waals surface area contributed by atoms with Crippen LogP contribution in [0.4, 0.5) is 0 Å². The van der Waals surface area contributed by atoms with Crippen LogP contribution in [0.2, 0.25) is 0 Å². The van der Waals surface area contributed by atoms with Gasteiger partial charge in [-0.2, -0.15) is 0 Å². The third-order valence-corrected chi connectivity index (χ3v) is 4.04. The van der Waals surface area contributed by atoms with Crippen LogP contribution in [-0.2, 0) is 6.54 Å². The molecule has 1 aliphatic rings. The molecular formula is C14H21BrN2O. The summed E-state index contributed by atoms with van der Waals surface area (Å²) in [4.78, 5) is 2.39. The lowest BCUT2D eigenvalue weighted by atomic mass is 10.1. The predicted octanol–water partition coefficient (Wildman–Crippen LogP) is 2.64. The van der Waals surface area contributed by atoms with Gasteiger partial charge in [0.1, 0.15) is 5.75 Å². The van der Waals surface area contributed by atoms with Crippen LogP contribution in [0.3, 0.4) is 0 Å². The molecule has 0 bridgehead atoms. The third kappa shape index (κ3) is 3.70. The number of hydrogen-bond donors (Lipinski definition) is 1. The van der Waals surface area contributed by atoms with Crippen LogP contribution in [0.25, 0.3) is 0 Å². The number of nitrogens with zero attached hydrogens (tertiary/aromatic N) is 1. The molecule has 1 saturated heterocycles. The maximum atomic E-state index is 5.39. The fraction of sp³-hybridized carbons (Fsp3) is 0.571. The molecule has 0 unspecified atom stereocenters. The first-order valence-corrected chi connectivity index (χ1v) is 7.22. The minimum absolute atomic E-state index is 0.630. The van der Waals surface area contributed by atoms with Gasteiger partial charge in [0.25, 0.3) is 0 Å². The number of likely N-dealkylation sites (tertiary alicyclic amines) is 1. The Kier molecular flexibility index (Phi) is 5.03. The molecular weight excluding hydrogens is 292 g/mol. The molecule has 4 heteroatoms. The van der Waals surface area contributed by atoms with E-state index in [1.807, 2.05) is 12.1 Å². The summed E-state index contributed by atoms with van der Waals surface area (Å²) in [6.45, 7) is 3.25. The van der Waals surface area contributed by atoms with E-state index in [2.05, 4.69) is 39.3 Å². The smallest absolute Gasteiger partial charge is 0.123 e. The van der Waals surface area contributed by atoms with E-state index >= 15 is 0 Å². The van der Waals surface area contributed by atoms with Crippen LogP contribution in [-0.4, -0.2) is 38.2 Å². The van der Waals surface area contributed by atoms with Crippen LogP contribution in [0.1, 0.15) is 18.4 Å². The molecule has 1 aliphatic heterocycles. The number of benzene rings is 1. The molecule has 0 amide bonds. The molecule has 100 valence electrons. The molecule has 18 heavy (non-hydrogen) atoms. The lowest BCUT2D eigenvalue weighted by Crippen LogP contribution is -2.40. The van der Waals surface area contributed by atoms with E-state index < -0.39 is 0 Å². The Balaban J connectivity index is 1.91. The monoisotopic (exact) mass is 312 g/mol. The van der Waals surface area contributed by atoms with Gasteiger partial charge in [-0.15, -0.1) is 0 Å². The molecule has 0 saturated carbocycles. The van der Waals surface area contributed by atoms with E-state index in [1.165, 1.54) is 31.5 Å². The summed E-state index contributed by atoms with van der Waals surface area (Å²) >= 11 is 3.51. The highest BCUT2D eigenvalue weighted by molar-refractivity contribution is 9.10. The van der Waals surface area contributed by atoms with E-state index in [0.717, 1.165) is 16.8 Å². The van der Waals surface area contributed by atoms with Gasteiger partial charge in [-0.25, -0.2) is 0 Å². The molecule has 1 aromatic rings. The van der Waals surface area contributed by atoms with Crippen molar-refractivity contribution in [2.75, 3.05) is 27.2 Å². The molecule has 1 heterocycles. The van der Waals surface area contributed by atoms with Gasteiger partial charge in [-0.3, -0.25) is 0 Å². The average Bonchev–Trinajstić information content (AvgIpc) is 2.38. The van der Waals surface area contributed by atoms with Crippen LogP contribution in [0.15, 0.2) is 22.7 Å². The summed E-state index contributed by atoms with van der Waals surface area (Å²) in [5.41, 5.74) is 1.21. The first-order chi connectivity index (χ1) is 8.69. The fourth-order valence-corrected chi connectivity index (χ4v) is 2.76. The Bertz CT molecular complexity index is 389. The second kappa shape index (κ2) is 6.55. The summed E-state index contributed by atoms with van der Waals surface area (Å²) in [7, 11) is 3.91. The van der Waals surface area contributed by atoms with E-state index in [-0.39, 0.29) is 0 Å². The SMILES string of the molecule is COc1ccc(Br)cc1CNC1CCN(C)CC1. The van der Waals surface area contributed by atoms with Gasteiger partial charge in [0.2, 0.25) is 0 Å². The molecule has 1 N–H and O–H groups in total. The van der Waals surface area contributed by atoms with Gasteiger partial charge in [-0.1, -0.05) is 15.9 Å². The van der Waals surface area contributed by atoms with Crippen molar-refractivity contribution >= 4 is 15.9 Å². The third-order valence-electron chi connectivity index (χ3n) is 3.54. The fourth-order valence-electron chi connectivity index (χ4n) is 2.35. The standard InChI is InChI=1S/C14H21BrN2O/c1-17-7-5-13(6-8-17)16-10-11-9-12(15)3-4-14(11)18-2/h3-4,9,13,16H,5-8,10H2,1-2H3. The van der Waals surface area contributed by atoms with Gasteiger partial charge in [-0.05, 0) is 51.2 Å². The van der Waals surface area contributed by atoms with Crippen molar-refractivity contribution < 1.29 is 4.74 Å². The molecule has 0 atom stereocenters. The second-order valence-corrected chi connectivity index (χ2v) is 5.83. The van der Waals surface area contributed by atoms with Crippen molar-refractivity contribution in [3.8, 4) is 5.75 Å². The van der Waals surface area contributed by atoms with Gasteiger partial charge in [0.05, 0.1) is 7.11 Å². The maximum absolute atomic E-state index is 5.39. The molecule has 1 fully saturated rings. The second-order valence-electron chi connectivity index (χ2n) is 4.91. The molecule has 3 nitrogen and oxygen atoms in total. The highest BCUT2D eigenvalue weighted by Gasteiger charge is 2.16. The minimum Gasteiger partial charge on any atom is -0.496 e. The van der Waals surface area contributed by atoms with Gasteiger partial charge >= 0.3 is 0 Å². The Morgan fingerprint density at radius 2 is 2.11 bits per heavy atom. The molecule has 0 aromatic heterocycles. The first kappa shape index (κ1) is 13.8. The van der Waals surface area contributed by atoms with E-state index in [4.69, 9.17) is 4.74 Å². The zero-order valence-corrected chi connectivity index (χ0v) is 12.7. The summed E-state index contributed by atoms with van der Waals surface area (Å²) in [5.74, 6) is 0.957. The highest BCUT2D eigenvalue weighted by Crippen LogP contribution is 2.23. The Morgan fingerprint density at radius 3 is 2.78 bits per heavy atom. The van der Waals surface area contributed by atoms with Crippen molar-refractivity contribution in [1.82, 2.24) is 10.2 Å². The number of hydrogen-bond acceptors (Lipinski definition) is 3. The maximum Gasteiger partial charge on any atom is 0.123 e. The van der Waals surface area contributed by atoms with E-state index in [9.17, 15) is 0 Å². The summed E-state index contributed by atoms with van der Waals surface area (Å²) in [6, 6.07) is 6.78. The topological polar surface area (TPSA) is 24.5 Å². The Labute approximate surface area is 118 Å². The van der Waals surface area contributed by atoms with E-state index in [0.29, 0.717) is 6.04 Å². The quantitative estimate of drug-likeness (QED) is 0.925. The summed E-state index contributed by atoms with van der Waals surface area (Å²) < 4.78 is 6.49. The average molecular weight is 313 g/mol. The zero-order chi connectivity index (χ0) is 13.0. The van der Waals surface area contributed by atoms with Crippen LogP contribution in [0, 0.1) is 0 Å². The van der Waals surface area contributed by atoms with Crippen molar-refractivity contribution in [2.24, 2.45) is 0 Å². The van der Waals surface area contributed by atoms with Crippen LogP contribution < -0.4 is 10.1 Å². The van der Waals surface area contributed by atoms with Crippen molar-refractivity contribution in [3.63, 3.8) is 0 Å². The first-order valence-electron chi connectivity index (χ1n) is 6.43. The Morgan fingerprint density at radius 1 is 1.39 bits per heavy atom. The summed E-state index contributed by atoms with van der Waals surface area (Å²) in [5, 5.41) is 3.63. The van der Waals surface area contributed by atoms with Gasteiger partial charge < -0.3 is 15.0 Å². The van der Waals surface area contributed by atoms with E-state index in [1.54, 1.807) is 7.11 Å². The number of ether oxygens (including phenoxy) is 1. The van der Waals surface area contributed by atoms with Gasteiger partial charge in [0, 0.05) is 22.6 Å². The number of nitrogens with one attached hydrogen (secondary N) is 1. The van der Waals surface area contributed by atoms with Crippen molar-refractivity contribution in [1.29, 1.82) is 0 Å². The predicted molar refractivity (Wildman–Crippen MR) is 78.1 cm³/mol. The van der Waals surface area contributed by atoms with Crippen molar-refractivity contribution in [3.05, 3.63) is 28.2 Å². The normalized spacial score (nSPS) is 17.9. The van der Waals surface area contributed by atoms with Crippen molar-refractivity contribution in [2.45, 2.75) is 25.4 Å². The largest absolute Gasteiger partial charge is 0.496 e. The summed E-state index contributed by atoms with van der Waals surface area (Å²) in [6.07, 6.45) is 2.46.